The zero-order chi connectivity index (χ0) is 28.2. The first-order valence-corrected chi connectivity index (χ1v) is 17.7. The molecule has 0 fully saturated rings. The molecule has 2 nitrogen and oxygen atoms in total. The third-order valence-electron chi connectivity index (χ3n) is 9.02. The van der Waals surface area contributed by atoms with Crippen molar-refractivity contribution >= 4 is 5.97 Å². The van der Waals surface area contributed by atoms with E-state index < -0.39 is 11.4 Å². The molecule has 1 N–H and O–H groups in total. The first kappa shape index (κ1) is 37.5. The Hall–Kier alpha value is -0.530. The minimum absolute atomic E-state index is 0.535. The average molecular weight is 537 g/mol. The standard InChI is InChI=1S/C36H72O2/c1-5-8-11-14-17-19-20-22-25-28-31-34(30-27-24-21-18-15-12-9-6-2)33-36(4,35(37)38)32-29-26-23-16-13-10-7-3/h34H,5-33H2,1-4H3,(H,37,38). The number of rotatable bonds is 31. The van der Waals surface area contributed by atoms with Crippen LogP contribution in [-0.2, 0) is 4.79 Å². The molecule has 0 aromatic rings. The molecule has 0 bridgehead atoms. The number of aliphatic carboxylic acids is 1. The SMILES string of the molecule is CCCCCCCCCCCCC(CCCCCCCCCC)CC(C)(CCCCCCCCC)C(=O)O. The van der Waals surface area contributed by atoms with Crippen LogP contribution in [-0.4, -0.2) is 11.1 Å². The minimum Gasteiger partial charge on any atom is -0.481 e. The normalized spacial score (nSPS) is 14.0. The molecule has 2 unspecified atom stereocenters. The van der Waals surface area contributed by atoms with Crippen LogP contribution in [0.25, 0.3) is 0 Å². The zero-order valence-corrected chi connectivity index (χ0v) is 26.9. The van der Waals surface area contributed by atoms with Crippen LogP contribution in [0.3, 0.4) is 0 Å². The second-order valence-corrected chi connectivity index (χ2v) is 13.0. The summed E-state index contributed by atoms with van der Waals surface area (Å²) in [5, 5.41) is 10.2. The summed E-state index contributed by atoms with van der Waals surface area (Å²) in [7, 11) is 0. The van der Waals surface area contributed by atoms with Crippen LogP contribution in [0.2, 0.25) is 0 Å². The molecular formula is C36H72O2. The molecule has 228 valence electrons. The highest BCUT2D eigenvalue weighted by Crippen LogP contribution is 2.37. The topological polar surface area (TPSA) is 37.3 Å². The molecule has 0 aliphatic carbocycles. The Bertz CT molecular complexity index is 488. The van der Waals surface area contributed by atoms with E-state index in [1.165, 1.54) is 167 Å². The highest BCUT2D eigenvalue weighted by molar-refractivity contribution is 5.74. The van der Waals surface area contributed by atoms with Crippen LogP contribution in [0.4, 0.5) is 0 Å². The van der Waals surface area contributed by atoms with Crippen molar-refractivity contribution in [2.75, 3.05) is 0 Å². The van der Waals surface area contributed by atoms with Crippen molar-refractivity contribution in [3.63, 3.8) is 0 Å². The maximum absolute atomic E-state index is 12.4. The molecule has 38 heavy (non-hydrogen) atoms. The summed E-state index contributed by atoms with van der Waals surface area (Å²) in [6.07, 6.45) is 37.7. The second-order valence-electron chi connectivity index (χ2n) is 13.0. The fourth-order valence-electron chi connectivity index (χ4n) is 6.24. The molecule has 0 aromatic heterocycles. The number of carboxylic acid groups (broad SMARTS) is 1. The summed E-state index contributed by atoms with van der Waals surface area (Å²) in [4.78, 5) is 12.4. The molecule has 0 amide bonds. The van der Waals surface area contributed by atoms with Gasteiger partial charge in [-0.2, -0.15) is 0 Å². The lowest BCUT2D eigenvalue weighted by atomic mass is 9.74. The lowest BCUT2D eigenvalue weighted by molar-refractivity contribution is -0.149. The van der Waals surface area contributed by atoms with Crippen molar-refractivity contribution in [2.24, 2.45) is 11.3 Å². The van der Waals surface area contributed by atoms with Gasteiger partial charge in [-0.15, -0.1) is 0 Å². The van der Waals surface area contributed by atoms with E-state index in [-0.39, 0.29) is 0 Å². The first-order chi connectivity index (χ1) is 18.5. The maximum atomic E-state index is 12.4. The molecule has 0 saturated carbocycles. The second kappa shape index (κ2) is 28.0. The Morgan fingerprint density at radius 2 is 0.789 bits per heavy atom. The van der Waals surface area contributed by atoms with Crippen LogP contribution in [0.1, 0.15) is 214 Å². The molecule has 0 aromatic carbocycles. The maximum Gasteiger partial charge on any atom is 0.309 e. The van der Waals surface area contributed by atoms with Crippen molar-refractivity contribution in [3.8, 4) is 0 Å². The van der Waals surface area contributed by atoms with Crippen LogP contribution in [0.5, 0.6) is 0 Å². The van der Waals surface area contributed by atoms with E-state index in [9.17, 15) is 9.90 Å². The number of hydrogen-bond acceptors (Lipinski definition) is 1. The number of carboxylic acids is 1. The lowest BCUT2D eigenvalue weighted by Crippen LogP contribution is -2.30. The fraction of sp³-hybridized carbons (Fsp3) is 0.972. The van der Waals surface area contributed by atoms with Gasteiger partial charge in [0.2, 0.25) is 0 Å². The zero-order valence-electron chi connectivity index (χ0n) is 26.9. The Morgan fingerprint density at radius 3 is 1.11 bits per heavy atom. The molecule has 0 heterocycles. The molecule has 0 spiro atoms. The summed E-state index contributed by atoms with van der Waals surface area (Å²) in [5.74, 6) is 0.0438. The highest BCUT2D eigenvalue weighted by atomic mass is 16.4. The van der Waals surface area contributed by atoms with E-state index in [0.29, 0.717) is 5.92 Å². The quantitative estimate of drug-likeness (QED) is 0.0894. The summed E-state index contributed by atoms with van der Waals surface area (Å²) < 4.78 is 0. The van der Waals surface area contributed by atoms with Crippen molar-refractivity contribution in [3.05, 3.63) is 0 Å². The smallest absolute Gasteiger partial charge is 0.309 e. The van der Waals surface area contributed by atoms with Gasteiger partial charge in [-0.3, -0.25) is 4.79 Å². The molecule has 2 heteroatoms. The van der Waals surface area contributed by atoms with Gasteiger partial charge in [-0.25, -0.2) is 0 Å². The molecular weight excluding hydrogens is 464 g/mol. The Morgan fingerprint density at radius 1 is 0.500 bits per heavy atom. The van der Waals surface area contributed by atoms with Crippen LogP contribution in [0, 0.1) is 11.3 Å². The monoisotopic (exact) mass is 537 g/mol. The van der Waals surface area contributed by atoms with Crippen molar-refractivity contribution in [2.45, 2.75) is 214 Å². The molecule has 0 rings (SSSR count). The van der Waals surface area contributed by atoms with Gasteiger partial charge in [0.15, 0.2) is 0 Å². The van der Waals surface area contributed by atoms with Gasteiger partial charge in [0.25, 0.3) is 0 Å². The van der Waals surface area contributed by atoms with Crippen molar-refractivity contribution in [1.29, 1.82) is 0 Å². The van der Waals surface area contributed by atoms with Crippen LogP contribution < -0.4 is 0 Å². The number of unbranched alkanes of at least 4 members (excludes halogenated alkanes) is 22. The molecule has 0 radical (unpaired) electrons. The van der Waals surface area contributed by atoms with Gasteiger partial charge in [-0.1, -0.05) is 194 Å². The van der Waals surface area contributed by atoms with Gasteiger partial charge in [0.1, 0.15) is 0 Å². The van der Waals surface area contributed by atoms with Crippen molar-refractivity contribution in [1.82, 2.24) is 0 Å². The largest absolute Gasteiger partial charge is 0.481 e. The third kappa shape index (κ3) is 23.4. The number of hydrogen-bond donors (Lipinski definition) is 1. The predicted molar refractivity (Wildman–Crippen MR) is 170 cm³/mol. The minimum atomic E-state index is -0.549. The van der Waals surface area contributed by atoms with Crippen LogP contribution in [0.15, 0.2) is 0 Å². The third-order valence-corrected chi connectivity index (χ3v) is 9.02. The number of carbonyl (C=O) groups is 1. The summed E-state index contributed by atoms with van der Waals surface area (Å²) in [5.41, 5.74) is -0.535. The summed E-state index contributed by atoms with van der Waals surface area (Å²) in [6.45, 7) is 8.90. The lowest BCUT2D eigenvalue weighted by Gasteiger charge is -2.30. The molecule has 0 aliphatic rings. The average Bonchev–Trinajstić information content (AvgIpc) is 2.90. The Labute approximate surface area is 240 Å². The van der Waals surface area contributed by atoms with Gasteiger partial charge in [0.05, 0.1) is 5.41 Å². The summed E-state index contributed by atoms with van der Waals surface area (Å²) >= 11 is 0. The fourth-order valence-corrected chi connectivity index (χ4v) is 6.24. The van der Waals surface area contributed by atoms with Gasteiger partial charge in [0, 0.05) is 0 Å². The predicted octanol–water partition coefficient (Wildman–Crippen LogP) is 13.1. The first-order valence-electron chi connectivity index (χ1n) is 17.7. The Balaban J connectivity index is 4.50. The van der Waals surface area contributed by atoms with E-state index >= 15 is 0 Å². The molecule has 2 atom stereocenters. The van der Waals surface area contributed by atoms with Crippen LogP contribution >= 0.6 is 0 Å². The van der Waals surface area contributed by atoms with E-state index in [0.717, 1.165) is 19.3 Å². The summed E-state index contributed by atoms with van der Waals surface area (Å²) in [6, 6.07) is 0. The molecule has 0 aliphatic heterocycles. The highest BCUT2D eigenvalue weighted by Gasteiger charge is 2.34. The Kier molecular flexibility index (Phi) is 27.6. The molecule has 0 saturated heterocycles. The van der Waals surface area contributed by atoms with Gasteiger partial charge >= 0.3 is 5.97 Å². The van der Waals surface area contributed by atoms with Gasteiger partial charge < -0.3 is 5.11 Å². The van der Waals surface area contributed by atoms with Gasteiger partial charge in [-0.05, 0) is 25.7 Å². The van der Waals surface area contributed by atoms with E-state index in [1.54, 1.807) is 0 Å². The van der Waals surface area contributed by atoms with E-state index in [4.69, 9.17) is 0 Å². The van der Waals surface area contributed by atoms with E-state index in [2.05, 4.69) is 27.7 Å². The van der Waals surface area contributed by atoms with E-state index in [1.807, 2.05) is 0 Å². The van der Waals surface area contributed by atoms with Crippen molar-refractivity contribution < 1.29 is 9.90 Å².